The largest absolute Gasteiger partial charge is 0.439 e. The summed E-state index contributed by atoms with van der Waals surface area (Å²) < 4.78 is 119. The summed E-state index contributed by atoms with van der Waals surface area (Å²) in [5, 5.41) is 7.14. The second-order valence-electron chi connectivity index (χ2n) is 5.50. The van der Waals surface area contributed by atoms with E-state index < -0.39 is 65.7 Å². The van der Waals surface area contributed by atoms with E-state index in [1.165, 1.54) is 0 Å². The lowest BCUT2D eigenvalue weighted by Gasteiger charge is -2.24. The molecule has 2 aromatic rings. The maximum Gasteiger partial charge on any atom is 0.439 e. The van der Waals surface area contributed by atoms with Crippen LogP contribution in [0.25, 0.3) is 0 Å². The normalized spacial score (nSPS) is 13.4. The van der Waals surface area contributed by atoms with Gasteiger partial charge < -0.3 is 10.1 Å². The topological polar surface area (TPSA) is 67.0 Å². The van der Waals surface area contributed by atoms with Crippen LogP contribution in [0.5, 0.6) is 5.75 Å². The fourth-order valence-electron chi connectivity index (χ4n) is 2.07. The molecule has 160 valence electrons. The van der Waals surface area contributed by atoms with Crippen molar-refractivity contribution in [1.29, 1.82) is 0 Å². The molecule has 0 aliphatic rings. The summed E-state index contributed by atoms with van der Waals surface area (Å²) >= 11 is 0. The number of aromatic amines is 1. The van der Waals surface area contributed by atoms with Gasteiger partial charge >= 0.3 is 12.3 Å². The molecule has 0 saturated heterocycles. The number of nitrogens with one attached hydrogen (secondary N) is 2. The van der Waals surface area contributed by atoms with Crippen molar-refractivity contribution in [1.82, 2.24) is 15.5 Å². The molecule has 0 bridgehead atoms. The average molecular weight is 435 g/mol. The lowest BCUT2D eigenvalue weighted by Crippen LogP contribution is -2.45. The highest BCUT2D eigenvalue weighted by molar-refractivity contribution is 5.95. The average Bonchev–Trinajstić information content (AvgIpc) is 3.09. The van der Waals surface area contributed by atoms with Crippen LogP contribution in [0.3, 0.4) is 0 Å². The molecule has 0 saturated carbocycles. The number of alkyl halides is 8. The molecule has 29 heavy (non-hydrogen) atoms. The number of hydrogen-bond acceptors (Lipinski definition) is 3. The SMILES string of the molecule is O=C(NCc1ccc(F)cc1OC(F)(F)[C@H](F)C(F)(F)F)c1cn[nH]c1C(F)F. The molecule has 0 unspecified atom stereocenters. The number of nitrogens with zero attached hydrogens (tertiary/aromatic N) is 1. The fraction of sp³-hybridized carbons (Fsp3) is 0.333. The second-order valence-corrected chi connectivity index (χ2v) is 5.50. The van der Waals surface area contributed by atoms with Crippen LogP contribution in [0, 0.1) is 5.82 Å². The van der Waals surface area contributed by atoms with Crippen molar-refractivity contribution in [2.75, 3.05) is 0 Å². The first-order valence-corrected chi connectivity index (χ1v) is 7.48. The predicted octanol–water partition coefficient (Wildman–Crippen LogP) is 4.29. The fourth-order valence-corrected chi connectivity index (χ4v) is 2.07. The summed E-state index contributed by atoms with van der Waals surface area (Å²) in [6, 6.07) is 1.72. The third-order valence-electron chi connectivity index (χ3n) is 3.43. The van der Waals surface area contributed by atoms with Gasteiger partial charge in [-0.15, -0.1) is 0 Å². The molecule has 1 heterocycles. The van der Waals surface area contributed by atoms with E-state index in [0.29, 0.717) is 6.07 Å². The standard InChI is InChI=1S/C15H10F9N3O2/c16-7-2-1-6(4-25-12(28)8-5-26-27-10(8)11(17)18)9(3-7)29-15(23,24)13(19)14(20,21)22/h1-3,5,11,13H,4H2,(H,25,28)(H,26,27)/t13-/m1/s1. The van der Waals surface area contributed by atoms with Gasteiger partial charge in [0.1, 0.15) is 17.3 Å². The van der Waals surface area contributed by atoms with E-state index in [-0.39, 0.29) is 6.07 Å². The molecular formula is C15H10F9N3O2. The van der Waals surface area contributed by atoms with Crippen LogP contribution in [0.4, 0.5) is 39.5 Å². The molecular weight excluding hydrogens is 425 g/mol. The Morgan fingerprint density at radius 2 is 1.83 bits per heavy atom. The van der Waals surface area contributed by atoms with Crippen LogP contribution in [0.1, 0.15) is 28.0 Å². The molecule has 1 aromatic carbocycles. The third-order valence-corrected chi connectivity index (χ3v) is 3.43. The van der Waals surface area contributed by atoms with E-state index >= 15 is 0 Å². The molecule has 2 rings (SSSR count). The summed E-state index contributed by atoms with van der Waals surface area (Å²) in [7, 11) is 0. The van der Waals surface area contributed by atoms with Crippen LogP contribution in [-0.2, 0) is 6.54 Å². The van der Waals surface area contributed by atoms with E-state index in [1.807, 2.05) is 10.4 Å². The van der Waals surface area contributed by atoms with Gasteiger partial charge in [-0.2, -0.15) is 27.1 Å². The van der Waals surface area contributed by atoms with Gasteiger partial charge in [-0.3, -0.25) is 9.89 Å². The van der Waals surface area contributed by atoms with Gasteiger partial charge in [0.15, 0.2) is 0 Å². The number of H-pyrrole nitrogens is 1. The summed E-state index contributed by atoms with van der Waals surface area (Å²) in [6.45, 7) is -0.749. The third kappa shape index (κ3) is 5.32. The Morgan fingerprint density at radius 3 is 2.41 bits per heavy atom. The molecule has 5 nitrogen and oxygen atoms in total. The van der Waals surface area contributed by atoms with E-state index in [1.54, 1.807) is 0 Å². The molecule has 1 atom stereocenters. The Bertz CT molecular complexity index is 867. The minimum Gasteiger partial charge on any atom is -0.430 e. The van der Waals surface area contributed by atoms with Crippen molar-refractivity contribution in [2.45, 2.75) is 31.4 Å². The molecule has 1 amide bonds. The van der Waals surface area contributed by atoms with Gasteiger partial charge in [0.05, 0.1) is 11.8 Å². The minimum absolute atomic E-state index is 0.251. The Kier molecular flexibility index (Phi) is 6.33. The van der Waals surface area contributed by atoms with Crippen molar-refractivity contribution < 1.29 is 49.0 Å². The number of rotatable bonds is 7. The zero-order valence-corrected chi connectivity index (χ0v) is 13.8. The van der Waals surface area contributed by atoms with Crippen molar-refractivity contribution >= 4 is 5.91 Å². The first-order valence-electron chi connectivity index (χ1n) is 7.48. The summed E-state index contributed by atoms with van der Waals surface area (Å²) in [5.74, 6) is -3.54. The number of aromatic nitrogens is 2. The summed E-state index contributed by atoms with van der Waals surface area (Å²) in [5.41, 5.74) is -1.90. The molecule has 0 radical (unpaired) electrons. The van der Waals surface area contributed by atoms with Crippen molar-refractivity contribution in [2.24, 2.45) is 0 Å². The monoisotopic (exact) mass is 435 g/mol. The Hall–Kier alpha value is -2.93. The quantitative estimate of drug-likeness (QED) is 0.638. The molecule has 14 heteroatoms. The molecule has 0 aliphatic carbocycles. The van der Waals surface area contributed by atoms with Gasteiger partial charge in [0.2, 0.25) is 0 Å². The zero-order valence-electron chi connectivity index (χ0n) is 13.8. The lowest BCUT2D eigenvalue weighted by atomic mass is 10.1. The van der Waals surface area contributed by atoms with Gasteiger partial charge in [-0.1, -0.05) is 6.07 Å². The van der Waals surface area contributed by atoms with Crippen LogP contribution < -0.4 is 10.1 Å². The van der Waals surface area contributed by atoms with Crippen LogP contribution >= 0.6 is 0 Å². The number of halogens is 9. The van der Waals surface area contributed by atoms with Crippen molar-refractivity contribution in [3.63, 3.8) is 0 Å². The second kappa shape index (κ2) is 8.21. The predicted molar refractivity (Wildman–Crippen MR) is 77.6 cm³/mol. The molecule has 0 fully saturated rings. The van der Waals surface area contributed by atoms with Crippen LogP contribution in [-0.4, -0.2) is 34.6 Å². The van der Waals surface area contributed by atoms with Crippen molar-refractivity contribution in [3.05, 3.63) is 47.0 Å². The number of ether oxygens (including phenoxy) is 1. The number of carbonyl (C=O) groups excluding carboxylic acids is 1. The lowest BCUT2D eigenvalue weighted by molar-refractivity contribution is -0.305. The number of benzene rings is 1. The maximum absolute atomic E-state index is 13.5. The van der Waals surface area contributed by atoms with Crippen LogP contribution in [0.2, 0.25) is 0 Å². The first kappa shape index (κ1) is 22.4. The van der Waals surface area contributed by atoms with Gasteiger partial charge in [0, 0.05) is 18.2 Å². The van der Waals surface area contributed by atoms with Gasteiger partial charge in [0.25, 0.3) is 18.5 Å². The zero-order chi connectivity index (χ0) is 22.0. The van der Waals surface area contributed by atoms with E-state index in [4.69, 9.17) is 0 Å². The Labute approximate surface area is 155 Å². The van der Waals surface area contributed by atoms with Crippen LogP contribution in [0.15, 0.2) is 24.4 Å². The number of amides is 1. The maximum atomic E-state index is 13.5. The first-order chi connectivity index (χ1) is 13.3. The van der Waals surface area contributed by atoms with Gasteiger partial charge in [-0.05, 0) is 6.07 Å². The van der Waals surface area contributed by atoms with E-state index in [2.05, 4.69) is 9.84 Å². The molecule has 1 aromatic heterocycles. The van der Waals surface area contributed by atoms with Crippen molar-refractivity contribution in [3.8, 4) is 5.75 Å². The van der Waals surface area contributed by atoms with E-state index in [0.717, 1.165) is 12.3 Å². The molecule has 2 N–H and O–H groups in total. The van der Waals surface area contributed by atoms with Gasteiger partial charge in [-0.25, -0.2) is 17.6 Å². The highest BCUT2D eigenvalue weighted by Gasteiger charge is 2.59. The molecule has 0 spiro atoms. The summed E-state index contributed by atoms with van der Waals surface area (Å²) in [6.07, 6.45) is -18.4. The van der Waals surface area contributed by atoms with E-state index in [9.17, 15) is 44.3 Å². The highest BCUT2D eigenvalue weighted by atomic mass is 19.4. The highest BCUT2D eigenvalue weighted by Crippen LogP contribution is 2.37. The smallest absolute Gasteiger partial charge is 0.430 e. The Morgan fingerprint density at radius 1 is 1.17 bits per heavy atom. The Balaban J connectivity index is 2.20. The number of carbonyl (C=O) groups is 1. The summed E-state index contributed by atoms with van der Waals surface area (Å²) in [4.78, 5) is 11.9. The number of hydrogen-bond donors (Lipinski definition) is 2. The molecule has 0 aliphatic heterocycles. The minimum atomic E-state index is -5.96.